The third-order valence-corrected chi connectivity index (χ3v) is 7.37. The Morgan fingerprint density at radius 1 is 1.09 bits per heavy atom. The van der Waals surface area contributed by atoms with Crippen molar-refractivity contribution in [3.05, 3.63) is 35.6 Å². The summed E-state index contributed by atoms with van der Waals surface area (Å²) >= 11 is 0. The zero-order valence-electron chi connectivity index (χ0n) is 19.6. The molecule has 0 aromatic heterocycles. The van der Waals surface area contributed by atoms with Gasteiger partial charge in [-0.05, 0) is 38.7 Å². The molecule has 1 aliphatic carbocycles. The van der Waals surface area contributed by atoms with Crippen LogP contribution in [0.1, 0.15) is 18.9 Å². The van der Waals surface area contributed by atoms with Gasteiger partial charge >= 0.3 is 0 Å². The molecule has 2 aliphatic heterocycles. The Hall–Kier alpha value is -1.25. The first-order chi connectivity index (χ1) is 16.1. The van der Waals surface area contributed by atoms with Crippen molar-refractivity contribution in [2.75, 3.05) is 27.2 Å². The maximum atomic E-state index is 13.5. The van der Waals surface area contributed by atoms with Crippen molar-refractivity contribution in [2.24, 2.45) is 5.92 Å². The minimum absolute atomic E-state index is 0.0502. The topological polar surface area (TPSA) is 145 Å². The summed E-state index contributed by atoms with van der Waals surface area (Å²) in [5, 5.41) is 54.0. The number of ether oxygens (including phenoxy) is 3. The minimum atomic E-state index is -2.25. The fourth-order valence-electron chi connectivity index (χ4n) is 5.59. The van der Waals surface area contributed by atoms with Gasteiger partial charge in [-0.2, -0.15) is 0 Å². The fraction of sp³-hybridized carbons (Fsp3) is 0.739. The third kappa shape index (κ3) is 4.50. The molecule has 11 heteroatoms. The van der Waals surface area contributed by atoms with Crippen LogP contribution in [-0.2, 0) is 20.8 Å². The van der Waals surface area contributed by atoms with E-state index in [0.29, 0.717) is 5.56 Å². The van der Waals surface area contributed by atoms with Gasteiger partial charge in [0, 0.05) is 31.5 Å². The number of likely N-dealkylation sites (N-methyl/N-ethyl adjacent to an activating group) is 2. The molecule has 1 aromatic carbocycles. The van der Waals surface area contributed by atoms with Crippen molar-refractivity contribution >= 4 is 0 Å². The van der Waals surface area contributed by atoms with Gasteiger partial charge in [-0.15, -0.1) is 0 Å². The van der Waals surface area contributed by atoms with Crippen molar-refractivity contribution < 1.29 is 39.0 Å². The fourth-order valence-corrected chi connectivity index (χ4v) is 5.59. The molecular formula is C23H36FN3O7. The van der Waals surface area contributed by atoms with Gasteiger partial charge in [0.2, 0.25) is 12.1 Å². The summed E-state index contributed by atoms with van der Waals surface area (Å²) in [5.74, 6) is -3.14. The van der Waals surface area contributed by atoms with Gasteiger partial charge in [-0.1, -0.05) is 12.1 Å². The molecule has 0 spiro atoms. The number of nitrogens with one attached hydrogen (secondary N) is 3. The lowest BCUT2D eigenvalue weighted by atomic mass is 9.76. The number of aliphatic hydroxyl groups is 4. The summed E-state index contributed by atoms with van der Waals surface area (Å²) in [6.45, 7) is 1.83. The van der Waals surface area contributed by atoms with Gasteiger partial charge in [0.1, 0.15) is 11.4 Å². The molecule has 192 valence electrons. The van der Waals surface area contributed by atoms with Gasteiger partial charge in [-0.25, -0.2) is 4.39 Å². The Morgan fingerprint density at radius 2 is 1.82 bits per heavy atom. The Labute approximate surface area is 198 Å². The van der Waals surface area contributed by atoms with Gasteiger partial charge < -0.3 is 50.6 Å². The first-order valence-corrected chi connectivity index (χ1v) is 11.7. The molecule has 0 radical (unpaired) electrons. The second-order valence-corrected chi connectivity index (χ2v) is 9.63. The number of hydrogen-bond acceptors (Lipinski definition) is 10. The zero-order valence-corrected chi connectivity index (χ0v) is 19.6. The Bertz CT molecular complexity index is 853. The molecule has 3 aliphatic rings. The smallest absolute Gasteiger partial charge is 0.249 e. The van der Waals surface area contributed by atoms with Crippen LogP contribution in [0.2, 0.25) is 0 Å². The van der Waals surface area contributed by atoms with E-state index in [2.05, 4.69) is 16.0 Å². The lowest BCUT2D eigenvalue weighted by Gasteiger charge is -2.51. The summed E-state index contributed by atoms with van der Waals surface area (Å²) in [6, 6.07) is 4.90. The van der Waals surface area contributed by atoms with Crippen LogP contribution in [0.25, 0.3) is 0 Å². The molecule has 2 unspecified atom stereocenters. The Balaban J connectivity index is 1.57. The second-order valence-electron chi connectivity index (χ2n) is 9.63. The molecule has 1 aromatic rings. The van der Waals surface area contributed by atoms with Crippen LogP contribution in [0.15, 0.2) is 24.3 Å². The van der Waals surface area contributed by atoms with E-state index >= 15 is 0 Å². The monoisotopic (exact) mass is 485 g/mol. The van der Waals surface area contributed by atoms with E-state index in [1.165, 1.54) is 12.1 Å². The Morgan fingerprint density at radius 3 is 2.50 bits per heavy atom. The molecule has 2 heterocycles. The van der Waals surface area contributed by atoms with Crippen molar-refractivity contribution in [1.82, 2.24) is 16.0 Å². The largest absolute Gasteiger partial charge is 0.390 e. The summed E-state index contributed by atoms with van der Waals surface area (Å²) in [4.78, 5) is 0. The normalized spacial score (nSPS) is 44.7. The molecule has 3 fully saturated rings. The predicted molar refractivity (Wildman–Crippen MR) is 119 cm³/mol. The summed E-state index contributed by atoms with van der Waals surface area (Å²) < 4.78 is 31.4. The predicted octanol–water partition coefficient (Wildman–Crippen LogP) is -1.59. The first kappa shape index (κ1) is 25.8. The number of rotatable bonds is 6. The quantitative estimate of drug-likeness (QED) is 0.252. The van der Waals surface area contributed by atoms with E-state index in [4.69, 9.17) is 14.2 Å². The molecule has 34 heavy (non-hydrogen) atoms. The maximum absolute atomic E-state index is 13.5. The zero-order chi connectivity index (χ0) is 24.7. The van der Waals surface area contributed by atoms with E-state index in [0.717, 1.165) is 0 Å². The first-order valence-electron chi connectivity index (χ1n) is 11.7. The van der Waals surface area contributed by atoms with Crippen LogP contribution in [0.3, 0.4) is 0 Å². The van der Waals surface area contributed by atoms with Gasteiger partial charge in [0.15, 0.2) is 0 Å². The average Bonchev–Trinajstić information content (AvgIpc) is 2.93. The Kier molecular flexibility index (Phi) is 7.61. The van der Waals surface area contributed by atoms with Gasteiger partial charge in [-0.3, -0.25) is 0 Å². The van der Waals surface area contributed by atoms with Crippen LogP contribution in [0.5, 0.6) is 0 Å². The standard InChI is InChI=1S/C23H36FN3O7/c1-12-8-22(30,11-27-9-13-5-4-6-14(24)7-13)23(31)21(33-12)34-20-15(10-32-23)16(25-2)18(28)17(26-3)19(20)29/h4-7,12,15-21,25-31H,8-11H2,1-3H3/t12-,15?,16-,17-,18-,19+,20?,21+,22-,23-/m1/s1. The van der Waals surface area contributed by atoms with Crippen molar-refractivity contribution in [3.63, 3.8) is 0 Å². The number of hydrogen-bond donors (Lipinski definition) is 7. The van der Waals surface area contributed by atoms with Crippen LogP contribution in [0, 0.1) is 11.7 Å². The van der Waals surface area contributed by atoms with Crippen LogP contribution >= 0.6 is 0 Å². The van der Waals surface area contributed by atoms with Crippen LogP contribution in [-0.4, -0.2) is 102 Å². The van der Waals surface area contributed by atoms with Crippen molar-refractivity contribution in [2.45, 2.75) is 74.1 Å². The molecule has 1 saturated carbocycles. The highest BCUT2D eigenvalue weighted by molar-refractivity contribution is 5.16. The molecule has 4 rings (SSSR count). The molecular weight excluding hydrogens is 449 g/mol. The van der Waals surface area contributed by atoms with E-state index in [-0.39, 0.29) is 31.9 Å². The highest BCUT2D eigenvalue weighted by atomic mass is 19.1. The lowest BCUT2D eigenvalue weighted by Crippen LogP contribution is -2.71. The summed E-state index contributed by atoms with van der Waals surface area (Å²) in [5.41, 5.74) is -1.12. The van der Waals surface area contributed by atoms with E-state index < -0.39 is 60.1 Å². The molecule has 2 saturated heterocycles. The molecule has 7 N–H and O–H groups in total. The molecule has 10 nitrogen and oxygen atoms in total. The summed E-state index contributed by atoms with van der Waals surface area (Å²) in [6.07, 6.45) is -4.72. The van der Waals surface area contributed by atoms with E-state index in [1.54, 1.807) is 33.2 Å². The van der Waals surface area contributed by atoms with Crippen LogP contribution < -0.4 is 16.0 Å². The third-order valence-electron chi connectivity index (χ3n) is 7.37. The van der Waals surface area contributed by atoms with Crippen molar-refractivity contribution in [1.29, 1.82) is 0 Å². The van der Waals surface area contributed by atoms with Crippen LogP contribution in [0.4, 0.5) is 4.39 Å². The molecule has 0 bridgehead atoms. The number of fused-ring (bicyclic) bond motifs is 2. The van der Waals surface area contributed by atoms with Gasteiger partial charge in [0.25, 0.3) is 0 Å². The van der Waals surface area contributed by atoms with E-state index in [1.807, 2.05) is 0 Å². The number of halogens is 1. The van der Waals surface area contributed by atoms with Crippen molar-refractivity contribution in [3.8, 4) is 0 Å². The highest BCUT2D eigenvalue weighted by Gasteiger charge is 2.65. The number of benzene rings is 1. The maximum Gasteiger partial charge on any atom is 0.249 e. The lowest BCUT2D eigenvalue weighted by molar-refractivity contribution is -0.419. The SMILES string of the molecule is CN[C@@H]1[C@H](O)[C@H](NC)C2CO[C@]3(O)[C@H](OC2[C@H]1O)O[C@H](C)C[C@@]3(O)CNCc1cccc(F)c1. The molecule has 10 atom stereocenters. The average molecular weight is 486 g/mol. The minimum Gasteiger partial charge on any atom is -0.390 e. The number of aliphatic hydroxyl groups excluding tert-OH is 2. The second kappa shape index (κ2) is 10.0. The summed E-state index contributed by atoms with van der Waals surface area (Å²) in [7, 11) is 3.32. The van der Waals surface area contributed by atoms with E-state index in [9.17, 15) is 24.8 Å². The van der Waals surface area contributed by atoms with Gasteiger partial charge in [0.05, 0.1) is 37.1 Å². The highest BCUT2D eigenvalue weighted by Crippen LogP contribution is 2.44. The molecule has 0 amide bonds.